The molecule has 156 valence electrons. The number of benzene rings is 1. The van der Waals surface area contributed by atoms with Crippen LogP contribution in [-0.4, -0.2) is 38.4 Å². The third-order valence-electron chi connectivity index (χ3n) is 5.01. The Bertz CT molecular complexity index is 1080. The minimum atomic E-state index is -0.178. The Morgan fingerprint density at radius 1 is 1.27 bits per heavy atom. The first-order valence-corrected chi connectivity index (χ1v) is 10.1. The second-order valence-corrected chi connectivity index (χ2v) is 7.76. The highest BCUT2D eigenvalue weighted by Gasteiger charge is 2.22. The average Bonchev–Trinajstić information content (AvgIpc) is 2.69. The minimum absolute atomic E-state index is 0.0700. The highest BCUT2D eigenvalue weighted by molar-refractivity contribution is 6.35. The molecule has 1 unspecified atom stereocenters. The number of nitrogens with two attached hydrogens (primary N) is 1. The topological polar surface area (TPSA) is 131 Å². The summed E-state index contributed by atoms with van der Waals surface area (Å²) in [4.78, 5) is 28.8. The molecule has 1 amide bonds. The predicted molar refractivity (Wildman–Crippen MR) is 117 cm³/mol. The van der Waals surface area contributed by atoms with E-state index in [0.29, 0.717) is 35.6 Å². The summed E-state index contributed by atoms with van der Waals surface area (Å²) in [5, 5.41) is 11.2. The quantitative estimate of drug-likeness (QED) is 0.489. The van der Waals surface area contributed by atoms with Crippen LogP contribution in [0.5, 0.6) is 0 Å². The van der Waals surface area contributed by atoms with E-state index in [2.05, 4.69) is 30.9 Å². The van der Waals surface area contributed by atoms with Crippen LogP contribution >= 0.6 is 11.6 Å². The molecule has 0 spiro atoms. The van der Waals surface area contributed by atoms with Gasteiger partial charge in [-0.25, -0.2) is 4.98 Å². The van der Waals surface area contributed by atoms with Crippen molar-refractivity contribution in [1.82, 2.24) is 25.3 Å². The van der Waals surface area contributed by atoms with Crippen LogP contribution in [0.15, 0.2) is 24.3 Å². The zero-order valence-corrected chi connectivity index (χ0v) is 17.5. The van der Waals surface area contributed by atoms with Gasteiger partial charge in [-0.15, -0.1) is 0 Å². The van der Waals surface area contributed by atoms with E-state index in [0.717, 1.165) is 22.9 Å². The van der Waals surface area contributed by atoms with Crippen LogP contribution in [0.2, 0.25) is 5.02 Å². The minimum Gasteiger partial charge on any atom is -0.368 e. The van der Waals surface area contributed by atoms with Gasteiger partial charge in [-0.3, -0.25) is 4.79 Å². The molecule has 1 aromatic carbocycles. The van der Waals surface area contributed by atoms with Crippen LogP contribution in [0, 0.1) is 6.92 Å². The van der Waals surface area contributed by atoms with Gasteiger partial charge in [0, 0.05) is 30.0 Å². The molecule has 2 aromatic heterocycles. The van der Waals surface area contributed by atoms with Crippen LogP contribution in [0.4, 0.5) is 17.7 Å². The van der Waals surface area contributed by atoms with Crippen molar-refractivity contribution in [2.24, 2.45) is 0 Å². The Labute approximate surface area is 178 Å². The maximum atomic E-state index is 11.5. The molecule has 4 rings (SSSR count). The summed E-state index contributed by atoms with van der Waals surface area (Å²) in [6.45, 7) is 4.31. The fourth-order valence-electron chi connectivity index (χ4n) is 3.51. The van der Waals surface area contributed by atoms with E-state index in [4.69, 9.17) is 22.3 Å². The number of carbonyl (C=O) groups excluding carboxylic acids is 1. The lowest BCUT2D eigenvalue weighted by Gasteiger charge is -2.26. The average molecular weight is 427 g/mol. The number of piperidine rings is 1. The summed E-state index contributed by atoms with van der Waals surface area (Å²) in [6, 6.07) is 7.64. The zero-order chi connectivity index (χ0) is 21.3. The Balaban J connectivity index is 1.69. The van der Waals surface area contributed by atoms with Gasteiger partial charge in [0.25, 0.3) is 0 Å². The number of carbonyl (C=O) groups is 1. The molecule has 10 heteroatoms. The summed E-state index contributed by atoms with van der Waals surface area (Å²) in [5.41, 5.74) is 7.40. The van der Waals surface area contributed by atoms with E-state index in [1.807, 2.05) is 31.2 Å². The second kappa shape index (κ2) is 8.27. The van der Waals surface area contributed by atoms with E-state index in [1.54, 1.807) is 6.92 Å². The number of anilines is 3. The number of halogens is 1. The normalized spacial score (nSPS) is 17.4. The van der Waals surface area contributed by atoms with Crippen molar-refractivity contribution in [3.05, 3.63) is 40.7 Å². The molecule has 0 bridgehead atoms. The number of rotatable bonds is 5. The molecular formula is C20H23ClN8O. The number of amides is 1. The molecule has 0 aliphatic carbocycles. The van der Waals surface area contributed by atoms with Gasteiger partial charge < -0.3 is 21.7 Å². The van der Waals surface area contributed by atoms with Crippen LogP contribution in [0.1, 0.15) is 37.2 Å². The van der Waals surface area contributed by atoms with Crippen LogP contribution in [0.25, 0.3) is 10.9 Å². The first-order chi connectivity index (χ1) is 14.4. The largest absolute Gasteiger partial charge is 0.368 e. The molecule has 1 aliphatic heterocycles. The van der Waals surface area contributed by atoms with E-state index in [9.17, 15) is 4.79 Å². The third kappa shape index (κ3) is 4.35. The van der Waals surface area contributed by atoms with Crippen molar-refractivity contribution in [2.45, 2.75) is 38.8 Å². The first-order valence-electron chi connectivity index (χ1n) is 9.76. The monoisotopic (exact) mass is 426 g/mol. The molecule has 0 saturated carbocycles. The van der Waals surface area contributed by atoms with E-state index < -0.39 is 0 Å². The summed E-state index contributed by atoms with van der Waals surface area (Å²) < 4.78 is 0. The van der Waals surface area contributed by atoms with Gasteiger partial charge >= 0.3 is 0 Å². The predicted octanol–water partition coefficient (Wildman–Crippen LogP) is 2.83. The Hall–Kier alpha value is -3.20. The number of pyridine rings is 1. The zero-order valence-electron chi connectivity index (χ0n) is 16.7. The van der Waals surface area contributed by atoms with Crippen molar-refractivity contribution in [2.75, 3.05) is 22.9 Å². The number of nitrogens with zero attached hydrogens (tertiary/aromatic N) is 4. The lowest BCUT2D eigenvalue weighted by molar-refractivity contribution is -0.122. The van der Waals surface area contributed by atoms with Crippen LogP contribution < -0.4 is 21.7 Å². The number of hydrogen-bond donors (Lipinski definition) is 4. The first kappa shape index (κ1) is 20.1. The summed E-state index contributed by atoms with van der Waals surface area (Å²) in [6.07, 6.45) is 1.22. The maximum Gasteiger partial charge on any atom is 0.228 e. The molecule has 1 aliphatic rings. The fraction of sp³-hybridized carbons (Fsp3) is 0.350. The van der Waals surface area contributed by atoms with Crippen LogP contribution in [-0.2, 0) is 4.79 Å². The molecule has 2 atom stereocenters. The molecular weight excluding hydrogens is 404 g/mol. The second-order valence-electron chi connectivity index (χ2n) is 7.35. The number of nitrogen functional groups attached to an aromatic ring is 1. The van der Waals surface area contributed by atoms with Gasteiger partial charge in [-0.05, 0) is 32.4 Å². The fourth-order valence-corrected chi connectivity index (χ4v) is 3.74. The van der Waals surface area contributed by atoms with Crippen LogP contribution in [0.3, 0.4) is 0 Å². The Morgan fingerprint density at radius 3 is 2.83 bits per heavy atom. The highest BCUT2D eigenvalue weighted by atomic mass is 35.5. The van der Waals surface area contributed by atoms with Gasteiger partial charge in [0.1, 0.15) is 11.6 Å². The number of hydrogen-bond acceptors (Lipinski definition) is 8. The van der Waals surface area contributed by atoms with Crippen molar-refractivity contribution in [3.8, 4) is 0 Å². The Morgan fingerprint density at radius 2 is 2.10 bits per heavy atom. The number of fused-ring (bicyclic) bond motifs is 1. The van der Waals surface area contributed by atoms with Gasteiger partial charge in [-0.1, -0.05) is 23.7 Å². The Kier molecular flexibility index (Phi) is 5.54. The lowest BCUT2D eigenvalue weighted by atomic mass is 10.0. The summed E-state index contributed by atoms with van der Waals surface area (Å²) in [5.74, 6) is 1.87. The lowest BCUT2D eigenvalue weighted by Crippen LogP contribution is -2.42. The molecule has 3 heterocycles. The van der Waals surface area contributed by atoms with Crippen molar-refractivity contribution < 1.29 is 4.79 Å². The molecule has 3 aromatic rings. The van der Waals surface area contributed by atoms with Crippen molar-refractivity contribution >= 4 is 46.1 Å². The number of aromatic nitrogens is 4. The number of aryl methyl sites for hydroxylation is 1. The van der Waals surface area contributed by atoms with Gasteiger partial charge in [0.05, 0.1) is 16.6 Å². The number of para-hydroxylation sites is 1. The molecule has 0 radical (unpaired) electrons. The molecule has 1 saturated heterocycles. The smallest absolute Gasteiger partial charge is 0.228 e. The third-order valence-corrected chi connectivity index (χ3v) is 5.31. The standard InChI is InChI=1S/C20H23ClN8O/c1-10(24-20-26-11(2)25-19(22)29-20)14-8-12-4-3-5-15(21)17(12)28-18(14)27-13-6-7-16(30)23-9-13/h3-5,8,10,13H,6-7,9H2,1-2H3,(H,23,30)(H,27,28)(H3,22,24,25,26,29)/t10-,13?/m0/s1. The van der Waals surface area contributed by atoms with E-state index in [-0.39, 0.29) is 23.9 Å². The highest BCUT2D eigenvalue weighted by Crippen LogP contribution is 2.31. The SMILES string of the molecule is Cc1nc(N)nc(N[C@@H](C)c2cc3cccc(Cl)c3nc2NC2CCC(=O)NC2)n1. The van der Waals surface area contributed by atoms with Crippen molar-refractivity contribution in [3.63, 3.8) is 0 Å². The summed E-state index contributed by atoms with van der Waals surface area (Å²) >= 11 is 6.38. The number of nitrogens with one attached hydrogen (secondary N) is 3. The molecule has 9 nitrogen and oxygen atoms in total. The summed E-state index contributed by atoms with van der Waals surface area (Å²) in [7, 11) is 0. The maximum absolute atomic E-state index is 11.5. The molecule has 1 fully saturated rings. The molecule has 5 N–H and O–H groups in total. The van der Waals surface area contributed by atoms with E-state index >= 15 is 0 Å². The van der Waals surface area contributed by atoms with Gasteiger partial charge in [0.2, 0.25) is 17.8 Å². The van der Waals surface area contributed by atoms with Crippen molar-refractivity contribution in [1.29, 1.82) is 0 Å². The van der Waals surface area contributed by atoms with Gasteiger partial charge in [-0.2, -0.15) is 15.0 Å². The van der Waals surface area contributed by atoms with E-state index in [1.165, 1.54) is 0 Å². The van der Waals surface area contributed by atoms with Gasteiger partial charge in [0.15, 0.2) is 0 Å². The molecule has 30 heavy (non-hydrogen) atoms.